The quantitative estimate of drug-likeness (QED) is 0.585. The molecule has 1 heterocycles. The lowest BCUT2D eigenvalue weighted by Gasteiger charge is -2.26. The second kappa shape index (κ2) is 2.72. The molecular weight excluding hydrogens is 128 g/mol. The summed E-state index contributed by atoms with van der Waals surface area (Å²) in [4.78, 5) is 0. The summed E-state index contributed by atoms with van der Waals surface area (Å²) in [6.07, 6.45) is 2.99. The lowest BCUT2D eigenvalue weighted by atomic mass is 9.96. The van der Waals surface area contributed by atoms with Gasteiger partial charge in [0.25, 0.3) is 0 Å². The van der Waals surface area contributed by atoms with Crippen molar-refractivity contribution < 1.29 is 9.84 Å². The van der Waals surface area contributed by atoms with Crippen molar-refractivity contribution >= 4 is 0 Å². The highest BCUT2D eigenvalue weighted by atomic mass is 16.5. The van der Waals surface area contributed by atoms with Crippen LogP contribution in [0.4, 0.5) is 0 Å². The smallest absolute Gasteiger partial charge is 0.100 e. The number of aliphatic hydroxyl groups is 1. The van der Waals surface area contributed by atoms with E-state index in [1.807, 2.05) is 6.92 Å². The standard InChI is InChI=1S/C8H14O2/c1-3-7(9)8(2)5-4-6-10-8/h3,7,9H,1,4-6H2,2H3. The van der Waals surface area contributed by atoms with Crippen LogP contribution in [0.3, 0.4) is 0 Å². The van der Waals surface area contributed by atoms with Gasteiger partial charge in [0.2, 0.25) is 0 Å². The minimum Gasteiger partial charge on any atom is -0.386 e. The molecule has 0 spiro atoms. The zero-order chi connectivity index (χ0) is 7.61. The van der Waals surface area contributed by atoms with E-state index in [9.17, 15) is 5.11 Å². The first kappa shape index (κ1) is 7.76. The van der Waals surface area contributed by atoms with Crippen LogP contribution < -0.4 is 0 Å². The van der Waals surface area contributed by atoms with E-state index in [1.165, 1.54) is 6.08 Å². The summed E-state index contributed by atoms with van der Waals surface area (Å²) in [6, 6.07) is 0. The molecule has 0 aromatic rings. The fraction of sp³-hybridized carbons (Fsp3) is 0.750. The van der Waals surface area contributed by atoms with Gasteiger partial charge in [-0.2, -0.15) is 0 Å². The second-order valence-corrected chi connectivity index (χ2v) is 2.95. The van der Waals surface area contributed by atoms with E-state index in [4.69, 9.17) is 4.74 Å². The fourth-order valence-electron chi connectivity index (χ4n) is 1.28. The molecule has 1 rings (SSSR count). The lowest BCUT2D eigenvalue weighted by Crippen LogP contribution is -2.36. The van der Waals surface area contributed by atoms with Gasteiger partial charge in [-0.3, -0.25) is 0 Å². The van der Waals surface area contributed by atoms with Crippen molar-refractivity contribution in [1.82, 2.24) is 0 Å². The first-order valence-electron chi connectivity index (χ1n) is 3.63. The largest absolute Gasteiger partial charge is 0.386 e. The highest BCUT2D eigenvalue weighted by Gasteiger charge is 2.35. The van der Waals surface area contributed by atoms with E-state index in [0.29, 0.717) is 0 Å². The molecule has 0 aromatic heterocycles. The maximum absolute atomic E-state index is 9.37. The van der Waals surface area contributed by atoms with Crippen LogP contribution in [0.2, 0.25) is 0 Å². The third-order valence-electron chi connectivity index (χ3n) is 2.10. The highest BCUT2D eigenvalue weighted by Crippen LogP contribution is 2.28. The molecule has 0 saturated carbocycles. The predicted octanol–water partition coefficient (Wildman–Crippen LogP) is 1.10. The van der Waals surface area contributed by atoms with Crippen molar-refractivity contribution in [3.05, 3.63) is 12.7 Å². The van der Waals surface area contributed by atoms with Crippen LogP contribution in [0.25, 0.3) is 0 Å². The van der Waals surface area contributed by atoms with Crippen LogP contribution in [0.15, 0.2) is 12.7 Å². The predicted molar refractivity (Wildman–Crippen MR) is 39.8 cm³/mol. The van der Waals surface area contributed by atoms with Gasteiger partial charge in [-0.1, -0.05) is 6.08 Å². The van der Waals surface area contributed by atoms with E-state index in [1.54, 1.807) is 0 Å². The second-order valence-electron chi connectivity index (χ2n) is 2.95. The van der Waals surface area contributed by atoms with Crippen LogP contribution >= 0.6 is 0 Å². The molecule has 2 nitrogen and oxygen atoms in total. The van der Waals surface area contributed by atoms with Crippen molar-refractivity contribution in [3.63, 3.8) is 0 Å². The lowest BCUT2D eigenvalue weighted by molar-refractivity contribution is -0.0566. The van der Waals surface area contributed by atoms with E-state index in [0.717, 1.165) is 19.4 Å². The molecule has 1 fully saturated rings. The zero-order valence-corrected chi connectivity index (χ0v) is 6.34. The minimum atomic E-state index is -0.519. The Morgan fingerprint density at radius 3 is 2.90 bits per heavy atom. The first-order chi connectivity index (χ1) is 4.69. The highest BCUT2D eigenvalue weighted by molar-refractivity contribution is 4.96. The van der Waals surface area contributed by atoms with Gasteiger partial charge in [-0.15, -0.1) is 6.58 Å². The molecule has 0 aliphatic carbocycles. The van der Waals surface area contributed by atoms with E-state index < -0.39 is 6.10 Å². The van der Waals surface area contributed by atoms with E-state index >= 15 is 0 Å². The monoisotopic (exact) mass is 142 g/mol. The molecule has 1 aliphatic heterocycles. The average Bonchev–Trinajstić information content (AvgIpc) is 2.36. The number of hydrogen-bond donors (Lipinski definition) is 1. The van der Waals surface area contributed by atoms with Crippen LogP contribution in [0, 0.1) is 0 Å². The molecule has 1 aliphatic rings. The summed E-state index contributed by atoms with van der Waals surface area (Å²) < 4.78 is 5.37. The maximum Gasteiger partial charge on any atom is 0.100 e. The molecular formula is C8H14O2. The Morgan fingerprint density at radius 1 is 1.80 bits per heavy atom. The molecule has 0 radical (unpaired) electrons. The topological polar surface area (TPSA) is 29.5 Å². The molecule has 10 heavy (non-hydrogen) atoms. The van der Waals surface area contributed by atoms with Gasteiger partial charge in [0.05, 0.1) is 5.60 Å². The molecule has 0 bridgehead atoms. The average molecular weight is 142 g/mol. The van der Waals surface area contributed by atoms with Gasteiger partial charge in [-0.05, 0) is 19.8 Å². The summed E-state index contributed by atoms with van der Waals surface area (Å²) in [7, 11) is 0. The van der Waals surface area contributed by atoms with Crippen molar-refractivity contribution in [2.24, 2.45) is 0 Å². The normalized spacial score (nSPS) is 35.8. The van der Waals surface area contributed by atoms with Crippen molar-refractivity contribution in [1.29, 1.82) is 0 Å². The first-order valence-corrected chi connectivity index (χ1v) is 3.63. The van der Waals surface area contributed by atoms with Gasteiger partial charge in [-0.25, -0.2) is 0 Å². The van der Waals surface area contributed by atoms with Gasteiger partial charge in [0, 0.05) is 6.61 Å². The Kier molecular flexibility index (Phi) is 2.11. The van der Waals surface area contributed by atoms with Gasteiger partial charge in [0.1, 0.15) is 6.10 Å². The number of ether oxygens (including phenoxy) is 1. The zero-order valence-electron chi connectivity index (χ0n) is 6.34. The molecule has 58 valence electrons. The third kappa shape index (κ3) is 1.22. The van der Waals surface area contributed by atoms with Crippen molar-refractivity contribution in [2.75, 3.05) is 6.61 Å². The number of aliphatic hydroxyl groups excluding tert-OH is 1. The third-order valence-corrected chi connectivity index (χ3v) is 2.10. The van der Waals surface area contributed by atoms with Crippen molar-refractivity contribution in [3.8, 4) is 0 Å². The Bertz CT molecular complexity index is 125. The Balaban J connectivity index is 2.57. The summed E-state index contributed by atoms with van der Waals surface area (Å²) in [5, 5.41) is 9.37. The number of hydrogen-bond acceptors (Lipinski definition) is 2. The Morgan fingerprint density at radius 2 is 2.50 bits per heavy atom. The fourth-order valence-corrected chi connectivity index (χ4v) is 1.28. The Labute approximate surface area is 61.5 Å². The minimum absolute atomic E-state index is 0.359. The summed E-state index contributed by atoms with van der Waals surface area (Å²) in [5.41, 5.74) is -0.359. The van der Waals surface area contributed by atoms with Crippen molar-refractivity contribution in [2.45, 2.75) is 31.5 Å². The van der Waals surface area contributed by atoms with Crippen LogP contribution in [-0.2, 0) is 4.74 Å². The Hall–Kier alpha value is -0.340. The molecule has 1 saturated heterocycles. The summed E-state index contributed by atoms with van der Waals surface area (Å²) >= 11 is 0. The van der Waals surface area contributed by atoms with Crippen LogP contribution in [0.5, 0.6) is 0 Å². The molecule has 0 amide bonds. The van der Waals surface area contributed by atoms with Crippen LogP contribution in [-0.4, -0.2) is 23.4 Å². The molecule has 0 aromatic carbocycles. The van der Waals surface area contributed by atoms with Gasteiger partial charge >= 0.3 is 0 Å². The van der Waals surface area contributed by atoms with E-state index in [2.05, 4.69) is 6.58 Å². The summed E-state index contributed by atoms with van der Waals surface area (Å²) in [5.74, 6) is 0. The summed E-state index contributed by atoms with van der Waals surface area (Å²) in [6.45, 7) is 6.21. The SMILES string of the molecule is C=CC(O)C1(C)CCCO1. The molecule has 2 atom stereocenters. The molecule has 2 heteroatoms. The maximum atomic E-state index is 9.37. The van der Waals surface area contributed by atoms with E-state index in [-0.39, 0.29) is 5.60 Å². The van der Waals surface area contributed by atoms with Gasteiger partial charge < -0.3 is 9.84 Å². The molecule has 2 unspecified atom stereocenters. The number of rotatable bonds is 2. The van der Waals surface area contributed by atoms with Crippen LogP contribution in [0.1, 0.15) is 19.8 Å². The van der Waals surface area contributed by atoms with Gasteiger partial charge in [0.15, 0.2) is 0 Å². The molecule has 1 N–H and O–H groups in total.